The lowest BCUT2D eigenvalue weighted by Gasteiger charge is -2.00. The number of thiophene rings is 1. The van der Waals surface area contributed by atoms with Gasteiger partial charge in [-0.2, -0.15) is 5.26 Å². The summed E-state index contributed by atoms with van der Waals surface area (Å²) < 4.78 is 7.20. The third kappa shape index (κ3) is 1.49. The van der Waals surface area contributed by atoms with E-state index in [1.807, 2.05) is 12.1 Å². The zero-order valence-corrected chi connectivity index (χ0v) is 9.78. The molecule has 0 bridgehead atoms. The molecule has 2 nitrogen and oxygen atoms in total. The fourth-order valence-electron chi connectivity index (χ4n) is 1.29. The van der Waals surface area contributed by atoms with E-state index in [2.05, 4.69) is 22.0 Å². The molecule has 70 valence electrons. The van der Waals surface area contributed by atoms with Gasteiger partial charge in [-0.1, -0.05) is 0 Å². The maximum absolute atomic E-state index is 8.95. The molecule has 4 heteroatoms. The van der Waals surface area contributed by atoms with Crippen LogP contribution in [0.4, 0.5) is 0 Å². The Hall–Kier alpha value is -1.05. The van der Waals surface area contributed by atoms with Gasteiger partial charge >= 0.3 is 0 Å². The molecule has 0 radical (unpaired) electrons. The van der Waals surface area contributed by atoms with Crippen molar-refractivity contribution in [3.05, 3.63) is 27.5 Å². The zero-order chi connectivity index (χ0) is 10.1. The molecule has 0 N–H and O–H groups in total. The van der Waals surface area contributed by atoms with Crippen molar-refractivity contribution < 1.29 is 4.74 Å². The Balaban J connectivity index is 2.80. The van der Waals surface area contributed by atoms with Crippen LogP contribution in [0.15, 0.2) is 22.0 Å². The number of methoxy groups -OCH3 is 1. The second kappa shape index (κ2) is 3.60. The predicted molar refractivity (Wildman–Crippen MR) is 60.8 cm³/mol. The highest BCUT2D eigenvalue weighted by Gasteiger charge is 2.07. The van der Waals surface area contributed by atoms with Crippen molar-refractivity contribution >= 4 is 37.4 Å². The van der Waals surface area contributed by atoms with Crippen LogP contribution < -0.4 is 4.74 Å². The molecule has 0 saturated carbocycles. The molecule has 1 heterocycles. The van der Waals surface area contributed by atoms with Crippen LogP contribution in [0.1, 0.15) is 5.56 Å². The van der Waals surface area contributed by atoms with Crippen molar-refractivity contribution in [1.29, 1.82) is 5.26 Å². The molecular formula is C10H6BrNOS. The van der Waals surface area contributed by atoms with Crippen LogP contribution in [-0.2, 0) is 0 Å². The van der Waals surface area contributed by atoms with Crippen LogP contribution in [0.2, 0.25) is 0 Å². The summed E-state index contributed by atoms with van der Waals surface area (Å²) in [4.78, 5) is 0. The van der Waals surface area contributed by atoms with Gasteiger partial charge in [0, 0.05) is 10.1 Å². The Morgan fingerprint density at radius 1 is 1.43 bits per heavy atom. The first-order chi connectivity index (χ1) is 6.74. The van der Waals surface area contributed by atoms with Gasteiger partial charge in [-0.25, -0.2) is 0 Å². The van der Waals surface area contributed by atoms with Gasteiger partial charge < -0.3 is 4.74 Å². The molecule has 0 unspecified atom stereocenters. The molecule has 1 aromatic carbocycles. The second-order valence-electron chi connectivity index (χ2n) is 2.75. The van der Waals surface area contributed by atoms with E-state index < -0.39 is 0 Å². The molecule has 0 atom stereocenters. The van der Waals surface area contributed by atoms with Gasteiger partial charge in [0.15, 0.2) is 0 Å². The fourth-order valence-corrected chi connectivity index (χ4v) is 2.89. The number of ether oxygens (including phenoxy) is 1. The smallest absolute Gasteiger partial charge is 0.121 e. The molecular weight excluding hydrogens is 262 g/mol. The van der Waals surface area contributed by atoms with Gasteiger partial charge in [-0.3, -0.25) is 0 Å². The first kappa shape index (κ1) is 9.50. The lowest BCUT2D eigenvalue weighted by atomic mass is 10.1. The average molecular weight is 268 g/mol. The summed E-state index contributed by atoms with van der Waals surface area (Å²) in [7, 11) is 1.60. The van der Waals surface area contributed by atoms with E-state index >= 15 is 0 Å². The number of nitriles is 1. The fraction of sp³-hybridized carbons (Fsp3) is 0.100. The number of benzene rings is 1. The monoisotopic (exact) mass is 267 g/mol. The highest BCUT2D eigenvalue weighted by atomic mass is 79.9. The summed E-state index contributed by atoms with van der Waals surface area (Å²) in [5.74, 6) is 0.725. The van der Waals surface area contributed by atoms with E-state index in [-0.39, 0.29) is 0 Å². The molecule has 14 heavy (non-hydrogen) atoms. The van der Waals surface area contributed by atoms with Crippen molar-refractivity contribution in [3.63, 3.8) is 0 Å². The van der Waals surface area contributed by atoms with E-state index in [0.717, 1.165) is 19.6 Å². The number of rotatable bonds is 1. The van der Waals surface area contributed by atoms with Gasteiger partial charge in [-0.05, 0) is 34.1 Å². The average Bonchev–Trinajstić information content (AvgIpc) is 2.56. The van der Waals surface area contributed by atoms with Gasteiger partial charge in [0.1, 0.15) is 5.75 Å². The zero-order valence-electron chi connectivity index (χ0n) is 7.37. The van der Waals surface area contributed by atoms with Gasteiger partial charge in [0.25, 0.3) is 0 Å². The molecule has 1 aromatic heterocycles. The Morgan fingerprint density at radius 3 is 2.86 bits per heavy atom. The van der Waals surface area contributed by atoms with Crippen LogP contribution in [0.25, 0.3) is 10.1 Å². The van der Waals surface area contributed by atoms with Gasteiger partial charge in [0.2, 0.25) is 0 Å². The summed E-state index contributed by atoms with van der Waals surface area (Å²) in [6, 6.07) is 7.81. The molecule has 0 amide bonds. The van der Waals surface area contributed by atoms with Crippen LogP contribution in [0.3, 0.4) is 0 Å². The van der Waals surface area contributed by atoms with Crippen molar-refractivity contribution in [1.82, 2.24) is 0 Å². The number of nitrogens with zero attached hydrogens (tertiary/aromatic N) is 1. The number of hydrogen-bond acceptors (Lipinski definition) is 3. The number of fused-ring (bicyclic) bond motifs is 1. The van der Waals surface area contributed by atoms with E-state index in [4.69, 9.17) is 10.00 Å². The molecule has 0 aliphatic heterocycles. The van der Waals surface area contributed by atoms with E-state index in [1.165, 1.54) is 0 Å². The minimum Gasteiger partial charge on any atom is -0.497 e. The molecule has 0 spiro atoms. The maximum Gasteiger partial charge on any atom is 0.121 e. The standard InChI is InChI=1S/C10H6BrNOS/c1-13-7-2-6(5-12)8-4-10(11)14-9(8)3-7/h2-4H,1H3. The third-order valence-electron chi connectivity index (χ3n) is 1.94. The Kier molecular flexibility index (Phi) is 2.44. The third-order valence-corrected chi connectivity index (χ3v) is 3.52. The van der Waals surface area contributed by atoms with E-state index in [0.29, 0.717) is 5.56 Å². The summed E-state index contributed by atoms with van der Waals surface area (Å²) >= 11 is 5.00. The molecule has 0 aliphatic rings. The SMILES string of the molecule is COc1cc(C#N)c2cc(Br)sc2c1. The molecule has 0 saturated heterocycles. The normalized spacial score (nSPS) is 10.1. The number of halogens is 1. The lowest BCUT2D eigenvalue weighted by molar-refractivity contribution is 0.415. The van der Waals surface area contributed by atoms with Crippen molar-refractivity contribution in [3.8, 4) is 11.8 Å². The number of hydrogen-bond donors (Lipinski definition) is 0. The summed E-state index contributed by atoms with van der Waals surface area (Å²) in [5, 5.41) is 9.93. The quantitative estimate of drug-likeness (QED) is 0.792. The summed E-state index contributed by atoms with van der Waals surface area (Å²) in [6.45, 7) is 0. The summed E-state index contributed by atoms with van der Waals surface area (Å²) in [6.07, 6.45) is 0. The lowest BCUT2D eigenvalue weighted by Crippen LogP contribution is -1.83. The molecule has 2 rings (SSSR count). The maximum atomic E-state index is 8.95. The Bertz CT molecular complexity index is 527. The predicted octanol–water partition coefficient (Wildman–Crippen LogP) is 3.54. The molecule has 0 fully saturated rings. The minimum absolute atomic E-state index is 0.654. The highest BCUT2D eigenvalue weighted by Crippen LogP contribution is 2.34. The van der Waals surface area contributed by atoms with Gasteiger partial charge in [-0.15, -0.1) is 11.3 Å². The van der Waals surface area contributed by atoms with E-state index in [1.54, 1.807) is 24.5 Å². The van der Waals surface area contributed by atoms with Gasteiger partial charge in [0.05, 0.1) is 22.5 Å². The summed E-state index contributed by atoms with van der Waals surface area (Å²) in [5.41, 5.74) is 0.654. The highest BCUT2D eigenvalue weighted by molar-refractivity contribution is 9.11. The Labute approximate surface area is 93.9 Å². The second-order valence-corrected chi connectivity index (χ2v) is 5.21. The Morgan fingerprint density at radius 2 is 2.21 bits per heavy atom. The first-order valence-electron chi connectivity index (χ1n) is 3.92. The minimum atomic E-state index is 0.654. The van der Waals surface area contributed by atoms with Crippen LogP contribution in [0.5, 0.6) is 5.75 Å². The van der Waals surface area contributed by atoms with E-state index in [9.17, 15) is 0 Å². The topological polar surface area (TPSA) is 33.0 Å². The van der Waals surface area contributed by atoms with Crippen LogP contribution in [0, 0.1) is 11.3 Å². The van der Waals surface area contributed by atoms with Crippen LogP contribution in [-0.4, -0.2) is 7.11 Å². The van der Waals surface area contributed by atoms with Crippen LogP contribution >= 0.6 is 27.3 Å². The van der Waals surface area contributed by atoms with Crippen molar-refractivity contribution in [2.75, 3.05) is 7.11 Å². The van der Waals surface area contributed by atoms with Crippen molar-refractivity contribution in [2.45, 2.75) is 0 Å². The molecule has 2 aromatic rings. The van der Waals surface area contributed by atoms with Crippen molar-refractivity contribution in [2.24, 2.45) is 0 Å². The molecule has 0 aliphatic carbocycles. The first-order valence-corrected chi connectivity index (χ1v) is 5.52. The largest absolute Gasteiger partial charge is 0.497 e.